The molecule has 2 fully saturated rings. The minimum atomic E-state index is -3.68. The van der Waals surface area contributed by atoms with E-state index in [2.05, 4.69) is 32.4 Å². The molecule has 0 bridgehead atoms. The van der Waals surface area contributed by atoms with Gasteiger partial charge in [-0.25, -0.2) is 13.1 Å². The molecule has 3 aromatic rings. The van der Waals surface area contributed by atoms with E-state index in [4.69, 9.17) is 0 Å². The molecule has 196 valence electrons. The first-order valence-corrected chi connectivity index (χ1v) is 14.8. The van der Waals surface area contributed by atoms with Gasteiger partial charge in [0.1, 0.15) is 0 Å². The van der Waals surface area contributed by atoms with Crippen LogP contribution in [0.2, 0.25) is 0 Å². The van der Waals surface area contributed by atoms with Gasteiger partial charge in [-0.15, -0.1) is 0 Å². The van der Waals surface area contributed by atoms with Crippen molar-refractivity contribution in [2.75, 3.05) is 35.2 Å². The zero-order chi connectivity index (χ0) is 26.1. The van der Waals surface area contributed by atoms with E-state index >= 15 is 0 Å². The second-order valence-electron chi connectivity index (χ2n) is 10.3. The van der Waals surface area contributed by atoms with Crippen LogP contribution < -0.4 is 20.3 Å². The first-order valence-electron chi connectivity index (χ1n) is 13.4. The maximum atomic E-state index is 13.3. The molecule has 38 heavy (non-hydrogen) atoms. The number of sulfonamides is 1. The third kappa shape index (κ3) is 5.19. The molecule has 0 aromatic heterocycles. The quantitative estimate of drug-likeness (QED) is 0.345. The number of nitrogens with one attached hydrogen (secondary N) is 3. The molecule has 3 aliphatic rings. The molecule has 3 aromatic carbocycles. The first-order chi connectivity index (χ1) is 18.5. The Morgan fingerprint density at radius 3 is 2.37 bits per heavy atom. The number of hydrogen-bond acceptors (Lipinski definition) is 5. The third-order valence-corrected chi connectivity index (χ3v) is 8.90. The average Bonchev–Trinajstić information content (AvgIpc) is 3.73. The van der Waals surface area contributed by atoms with Crippen LogP contribution in [0.4, 0.5) is 17.1 Å². The fraction of sp³-hybridized carbons (Fsp3) is 0.300. The Kier molecular flexibility index (Phi) is 6.68. The SMILES string of the molecule is O=C1Nc2ccc(S(=O)(=O)NCC3CC3)cc2/C1=C(/Nc1ccc(N2CCCCC2)cc1)c1ccccc1. The average molecular weight is 529 g/mol. The summed E-state index contributed by atoms with van der Waals surface area (Å²) in [5, 5.41) is 6.40. The highest BCUT2D eigenvalue weighted by Crippen LogP contribution is 2.39. The van der Waals surface area contributed by atoms with Gasteiger partial charge in [-0.1, -0.05) is 30.3 Å². The second-order valence-corrected chi connectivity index (χ2v) is 12.1. The molecular formula is C30H32N4O3S. The van der Waals surface area contributed by atoms with E-state index in [0.29, 0.717) is 35.0 Å². The molecular weight excluding hydrogens is 496 g/mol. The number of anilines is 3. The van der Waals surface area contributed by atoms with E-state index in [-0.39, 0.29) is 10.8 Å². The number of hydrogen-bond donors (Lipinski definition) is 3. The van der Waals surface area contributed by atoms with Crippen molar-refractivity contribution in [3.63, 3.8) is 0 Å². The highest BCUT2D eigenvalue weighted by Gasteiger charge is 2.31. The van der Waals surface area contributed by atoms with Crippen molar-refractivity contribution < 1.29 is 13.2 Å². The van der Waals surface area contributed by atoms with Crippen LogP contribution in [0.5, 0.6) is 0 Å². The van der Waals surface area contributed by atoms with E-state index < -0.39 is 10.0 Å². The fourth-order valence-electron chi connectivity index (χ4n) is 5.13. The van der Waals surface area contributed by atoms with Crippen LogP contribution in [0, 0.1) is 5.92 Å². The lowest BCUT2D eigenvalue weighted by atomic mass is 10.00. The number of amides is 1. The number of piperidine rings is 1. The van der Waals surface area contributed by atoms with Crippen LogP contribution in [0.3, 0.4) is 0 Å². The van der Waals surface area contributed by atoms with Gasteiger partial charge in [0.05, 0.1) is 16.2 Å². The molecule has 3 N–H and O–H groups in total. The van der Waals surface area contributed by atoms with Gasteiger partial charge < -0.3 is 15.5 Å². The summed E-state index contributed by atoms with van der Waals surface area (Å²) in [4.78, 5) is 15.9. The maximum absolute atomic E-state index is 13.3. The lowest BCUT2D eigenvalue weighted by molar-refractivity contribution is -0.110. The normalized spacial score (nSPS) is 18.6. The van der Waals surface area contributed by atoms with Crippen molar-refractivity contribution in [2.45, 2.75) is 37.0 Å². The number of carbonyl (C=O) groups excluding carboxylic acids is 1. The Balaban J connectivity index is 1.37. The van der Waals surface area contributed by atoms with Crippen molar-refractivity contribution in [3.8, 4) is 0 Å². The summed E-state index contributed by atoms with van der Waals surface area (Å²) in [5.74, 6) is 0.157. The van der Waals surface area contributed by atoms with Gasteiger partial charge in [-0.3, -0.25) is 4.79 Å². The Bertz CT molecular complexity index is 1470. The third-order valence-electron chi connectivity index (χ3n) is 7.48. The maximum Gasteiger partial charge on any atom is 0.258 e. The Labute approximate surface area is 224 Å². The summed E-state index contributed by atoms with van der Waals surface area (Å²) in [5.41, 5.74) is 5.11. The number of carbonyl (C=O) groups is 1. The molecule has 1 saturated heterocycles. The van der Waals surface area contributed by atoms with Gasteiger partial charge in [0.25, 0.3) is 5.91 Å². The van der Waals surface area contributed by atoms with Gasteiger partial charge >= 0.3 is 0 Å². The molecule has 8 heteroatoms. The van der Waals surface area contributed by atoms with Gasteiger partial charge in [0.2, 0.25) is 10.0 Å². The first kappa shape index (κ1) is 24.7. The number of rotatable bonds is 8. The Morgan fingerprint density at radius 2 is 1.66 bits per heavy atom. The molecule has 2 aliphatic heterocycles. The molecule has 0 atom stereocenters. The summed E-state index contributed by atoms with van der Waals surface area (Å²) in [6, 6.07) is 22.8. The Hall–Kier alpha value is -3.62. The molecule has 0 spiro atoms. The van der Waals surface area contributed by atoms with Gasteiger partial charge in [-0.2, -0.15) is 0 Å². The van der Waals surface area contributed by atoms with E-state index in [1.54, 1.807) is 18.2 Å². The topological polar surface area (TPSA) is 90.5 Å². The van der Waals surface area contributed by atoms with E-state index in [1.807, 2.05) is 42.5 Å². The summed E-state index contributed by atoms with van der Waals surface area (Å²) >= 11 is 0. The monoisotopic (exact) mass is 528 g/mol. The van der Waals surface area contributed by atoms with E-state index in [0.717, 1.165) is 37.2 Å². The van der Waals surface area contributed by atoms with Crippen LogP contribution in [-0.4, -0.2) is 34.0 Å². The van der Waals surface area contributed by atoms with Crippen LogP contribution in [0.25, 0.3) is 11.3 Å². The minimum Gasteiger partial charge on any atom is -0.372 e. The zero-order valence-corrected chi connectivity index (χ0v) is 22.1. The Morgan fingerprint density at radius 1 is 0.921 bits per heavy atom. The van der Waals surface area contributed by atoms with Crippen molar-refractivity contribution >= 4 is 44.3 Å². The molecule has 6 rings (SSSR count). The van der Waals surface area contributed by atoms with Crippen LogP contribution in [-0.2, 0) is 14.8 Å². The summed E-state index contributed by atoms with van der Waals surface area (Å²) in [7, 11) is -3.68. The van der Waals surface area contributed by atoms with Crippen molar-refractivity contribution in [1.82, 2.24) is 4.72 Å². The molecule has 2 heterocycles. The molecule has 1 saturated carbocycles. The zero-order valence-electron chi connectivity index (χ0n) is 21.2. The molecule has 1 amide bonds. The standard InChI is InChI=1S/C30H32N4O3S/c35-30-28(26-19-25(15-16-27(26)33-30)38(36,37)31-20-21-9-10-21)29(22-7-3-1-4-8-22)32-23-11-13-24(14-12-23)34-17-5-2-6-18-34/h1,3-4,7-8,11-16,19,21,31-32H,2,5-6,9-10,17-18,20H2,(H,33,35)/b29-28-. The summed E-state index contributed by atoms with van der Waals surface area (Å²) in [6.45, 7) is 2.59. The van der Waals surface area contributed by atoms with Gasteiger partial charge in [0, 0.05) is 42.3 Å². The second kappa shape index (κ2) is 10.3. The highest BCUT2D eigenvalue weighted by atomic mass is 32.2. The smallest absolute Gasteiger partial charge is 0.258 e. The van der Waals surface area contributed by atoms with Crippen LogP contribution in [0.1, 0.15) is 43.2 Å². The fourth-order valence-corrected chi connectivity index (χ4v) is 6.27. The summed E-state index contributed by atoms with van der Waals surface area (Å²) < 4.78 is 28.7. The number of nitrogens with zero attached hydrogens (tertiary/aromatic N) is 1. The number of benzene rings is 3. The lowest BCUT2D eigenvalue weighted by Crippen LogP contribution is -2.29. The van der Waals surface area contributed by atoms with E-state index in [1.165, 1.54) is 24.9 Å². The molecule has 0 unspecified atom stereocenters. The summed E-state index contributed by atoms with van der Waals surface area (Å²) in [6.07, 6.45) is 5.83. The molecule has 1 aliphatic carbocycles. The van der Waals surface area contributed by atoms with Gasteiger partial charge in [0.15, 0.2) is 0 Å². The largest absolute Gasteiger partial charge is 0.372 e. The van der Waals surface area contributed by atoms with Crippen LogP contribution in [0.15, 0.2) is 77.7 Å². The van der Waals surface area contributed by atoms with Crippen molar-refractivity contribution in [1.29, 1.82) is 0 Å². The highest BCUT2D eigenvalue weighted by molar-refractivity contribution is 7.89. The number of fused-ring (bicyclic) bond motifs is 1. The molecule has 7 nitrogen and oxygen atoms in total. The van der Waals surface area contributed by atoms with Crippen LogP contribution >= 0.6 is 0 Å². The lowest BCUT2D eigenvalue weighted by Gasteiger charge is -2.29. The van der Waals surface area contributed by atoms with Gasteiger partial charge in [-0.05, 0) is 86.1 Å². The predicted molar refractivity (Wildman–Crippen MR) is 152 cm³/mol. The molecule has 0 radical (unpaired) electrons. The van der Waals surface area contributed by atoms with Crippen molar-refractivity contribution in [2.24, 2.45) is 5.92 Å². The predicted octanol–water partition coefficient (Wildman–Crippen LogP) is 5.30. The van der Waals surface area contributed by atoms with E-state index in [9.17, 15) is 13.2 Å². The minimum absolute atomic E-state index is 0.157. The van der Waals surface area contributed by atoms with Crippen molar-refractivity contribution in [3.05, 3.63) is 83.9 Å².